The molecule has 6 heteroatoms. The Morgan fingerprint density at radius 1 is 1.17 bits per heavy atom. The third-order valence-electron chi connectivity index (χ3n) is 3.69. The highest BCUT2D eigenvalue weighted by Gasteiger charge is 2.30. The molecule has 2 aliphatic heterocycles. The number of hydrogen-bond donors (Lipinski definition) is 1. The van der Waals surface area contributed by atoms with Crippen molar-refractivity contribution < 1.29 is 9.59 Å². The predicted octanol–water partition coefficient (Wildman–Crippen LogP) is 1.14. The minimum atomic E-state index is 0.0798. The van der Waals surface area contributed by atoms with Crippen LogP contribution in [0.15, 0.2) is 0 Å². The van der Waals surface area contributed by atoms with Crippen molar-refractivity contribution in [3.8, 4) is 0 Å². The number of carbonyl (C=O) groups excluding carboxylic acids is 2. The fourth-order valence-electron chi connectivity index (χ4n) is 2.68. The molecule has 3 heterocycles. The maximum absolute atomic E-state index is 12.3. The molecule has 0 atom stereocenters. The highest BCUT2D eigenvalue weighted by atomic mass is 16.2. The van der Waals surface area contributed by atoms with Gasteiger partial charge < -0.3 is 9.80 Å². The van der Waals surface area contributed by atoms with E-state index in [1.165, 1.54) is 6.42 Å². The highest BCUT2D eigenvalue weighted by Crippen LogP contribution is 2.24. The third kappa shape index (κ3) is 1.77. The molecule has 0 bridgehead atoms. The van der Waals surface area contributed by atoms with Gasteiger partial charge in [-0.3, -0.25) is 9.89 Å². The molecule has 2 aliphatic rings. The number of urea groups is 1. The van der Waals surface area contributed by atoms with Gasteiger partial charge in [-0.15, -0.1) is 0 Å². The zero-order chi connectivity index (χ0) is 12.5. The summed E-state index contributed by atoms with van der Waals surface area (Å²) in [6.45, 7) is 2.73. The lowest BCUT2D eigenvalue weighted by Gasteiger charge is -2.30. The number of fused-ring (bicyclic) bond motifs is 1. The summed E-state index contributed by atoms with van der Waals surface area (Å²) < 4.78 is 0. The van der Waals surface area contributed by atoms with Crippen molar-refractivity contribution in [3.63, 3.8) is 0 Å². The Bertz CT molecular complexity index is 476. The number of nitrogens with one attached hydrogen (secondary N) is 1. The number of rotatable bonds is 1. The Balaban J connectivity index is 1.71. The average Bonchev–Trinajstić information content (AvgIpc) is 2.98. The van der Waals surface area contributed by atoms with E-state index in [4.69, 9.17) is 0 Å². The van der Waals surface area contributed by atoms with E-state index < -0.39 is 0 Å². The van der Waals surface area contributed by atoms with Crippen molar-refractivity contribution >= 4 is 12.3 Å². The van der Waals surface area contributed by atoms with Crippen LogP contribution in [0.25, 0.3) is 0 Å². The number of H-pyrrole nitrogens is 1. The number of amides is 2. The van der Waals surface area contributed by atoms with E-state index in [1.807, 2.05) is 4.90 Å². The summed E-state index contributed by atoms with van der Waals surface area (Å²) in [5.74, 6) is 0. The Morgan fingerprint density at radius 3 is 2.67 bits per heavy atom. The van der Waals surface area contributed by atoms with E-state index in [0.29, 0.717) is 18.8 Å². The molecule has 18 heavy (non-hydrogen) atoms. The van der Waals surface area contributed by atoms with Crippen molar-refractivity contribution in [2.24, 2.45) is 0 Å². The first-order chi connectivity index (χ1) is 8.79. The van der Waals surface area contributed by atoms with Gasteiger partial charge in [0.1, 0.15) is 5.69 Å². The Hall–Kier alpha value is -1.85. The highest BCUT2D eigenvalue weighted by molar-refractivity contribution is 5.78. The molecule has 6 nitrogen and oxygen atoms in total. The lowest BCUT2D eigenvalue weighted by molar-refractivity contribution is 0.111. The van der Waals surface area contributed by atoms with E-state index in [2.05, 4.69) is 10.2 Å². The normalized spacial score (nSPS) is 18.9. The van der Waals surface area contributed by atoms with E-state index >= 15 is 0 Å². The summed E-state index contributed by atoms with van der Waals surface area (Å²) >= 11 is 0. The van der Waals surface area contributed by atoms with E-state index in [9.17, 15) is 9.59 Å². The van der Waals surface area contributed by atoms with E-state index in [-0.39, 0.29) is 6.03 Å². The number of aromatic nitrogens is 2. The van der Waals surface area contributed by atoms with Gasteiger partial charge in [-0.1, -0.05) is 0 Å². The van der Waals surface area contributed by atoms with E-state index in [1.54, 1.807) is 4.90 Å². The maximum atomic E-state index is 12.3. The first-order valence-corrected chi connectivity index (χ1v) is 6.34. The minimum absolute atomic E-state index is 0.0798. The summed E-state index contributed by atoms with van der Waals surface area (Å²) in [6.07, 6.45) is 4.13. The molecule has 1 aromatic heterocycles. The molecule has 0 spiro atoms. The molecule has 0 aromatic carbocycles. The number of likely N-dealkylation sites (tertiary alicyclic amines) is 1. The van der Waals surface area contributed by atoms with Gasteiger partial charge in [-0.05, 0) is 19.3 Å². The number of hydrogen-bond acceptors (Lipinski definition) is 3. The largest absolute Gasteiger partial charge is 0.325 e. The summed E-state index contributed by atoms with van der Waals surface area (Å²) in [6, 6.07) is 0.0798. The van der Waals surface area contributed by atoms with Gasteiger partial charge in [-0.25, -0.2) is 4.79 Å². The van der Waals surface area contributed by atoms with Gasteiger partial charge in [0.15, 0.2) is 6.29 Å². The van der Waals surface area contributed by atoms with Crippen LogP contribution in [-0.4, -0.2) is 45.4 Å². The lowest BCUT2D eigenvalue weighted by Crippen LogP contribution is -2.43. The van der Waals surface area contributed by atoms with Crippen LogP contribution in [0, 0.1) is 0 Å². The van der Waals surface area contributed by atoms with Crippen LogP contribution < -0.4 is 0 Å². The second-order valence-corrected chi connectivity index (χ2v) is 4.87. The number of nitrogens with zero attached hydrogens (tertiary/aromatic N) is 3. The fourth-order valence-corrected chi connectivity index (χ4v) is 2.68. The first kappa shape index (κ1) is 11.3. The lowest BCUT2D eigenvalue weighted by atomic mass is 10.1. The van der Waals surface area contributed by atoms with Crippen molar-refractivity contribution in [2.75, 3.05) is 13.1 Å². The molecule has 3 rings (SSSR count). The quantitative estimate of drug-likeness (QED) is 0.758. The molecule has 1 fully saturated rings. The Morgan fingerprint density at radius 2 is 1.94 bits per heavy atom. The zero-order valence-corrected chi connectivity index (χ0v) is 10.2. The number of aldehydes is 1. The average molecular weight is 248 g/mol. The second-order valence-electron chi connectivity index (χ2n) is 4.87. The molecule has 0 aliphatic carbocycles. The fraction of sp³-hybridized carbons (Fsp3) is 0.583. The van der Waals surface area contributed by atoms with Crippen molar-refractivity contribution in [1.29, 1.82) is 0 Å². The van der Waals surface area contributed by atoms with E-state index in [0.717, 1.165) is 43.5 Å². The third-order valence-corrected chi connectivity index (χ3v) is 3.69. The van der Waals surface area contributed by atoms with Gasteiger partial charge in [0.05, 0.1) is 18.8 Å². The second kappa shape index (κ2) is 4.44. The summed E-state index contributed by atoms with van der Waals surface area (Å²) in [5, 5.41) is 6.75. The number of piperidine rings is 1. The topological polar surface area (TPSA) is 69.3 Å². The molecular weight excluding hydrogens is 232 g/mol. The Kier molecular flexibility index (Phi) is 2.77. The van der Waals surface area contributed by atoms with Gasteiger partial charge in [0, 0.05) is 18.7 Å². The van der Waals surface area contributed by atoms with Crippen LogP contribution in [0.1, 0.15) is 41.0 Å². The van der Waals surface area contributed by atoms with Crippen molar-refractivity contribution in [1.82, 2.24) is 20.0 Å². The molecule has 0 radical (unpaired) electrons. The summed E-state index contributed by atoms with van der Waals surface area (Å²) in [7, 11) is 0. The van der Waals surface area contributed by atoms with Gasteiger partial charge in [-0.2, -0.15) is 5.10 Å². The monoisotopic (exact) mass is 248 g/mol. The molecule has 1 N–H and O–H groups in total. The molecule has 0 unspecified atom stereocenters. The number of carbonyl (C=O) groups is 2. The van der Waals surface area contributed by atoms with Crippen LogP contribution in [0.2, 0.25) is 0 Å². The maximum Gasteiger partial charge on any atom is 0.320 e. The number of aromatic amines is 1. The Labute approximate surface area is 105 Å². The van der Waals surface area contributed by atoms with Gasteiger partial charge >= 0.3 is 6.03 Å². The molecule has 0 saturated carbocycles. The molecule has 1 saturated heterocycles. The van der Waals surface area contributed by atoms with Crippen LogP contribution in [0.3, 0.4) is 0 Å². The predicted molar refractivity (Wildman–Crippen MR) is 64.0 cm³/mol. The molecule has 96 valence electrons. The van der Waals surface area contributed by atoms with Crippen LogP contribution in [0.5, 0.6) is 0 Å². The van der Waals surface area contributed by atoms with Gasteiger partial charge in [0.25, 0.3) is 0 Å². The molecular formula is C12H16N4O2. The zero-order valence-electron chi connectivity index (χ0n) is 10.2. The van der Waals surface area contributed by atoms with Crippen LogP contribution >= 0.6 is 0 Å². The summed E-state index contributed by atoms with van der Waals surface area (Å²) in [5.41, 5.74) is 2.19. The summed E-state index contributed by atoms with van der Waals surface area (Å²) in [4.78, 5) is 26.8. The first-order valence-electron chi connectivity index (χ1n) is 6.34. The minimum Gasteiger partial charge on any atom is -0.325 e. The smallest absolute Gasteiger partial charge is 0.320 e. The van der Waals surface area contributed by atoms with Crippen LogP contribution in [-0.2, 0) is 13.1 Å². The van der Waals surface area contributed by atoms with Crippen LogP contribution in [0.4, 0.5) is 4.79 Å². The standard InChI is InChI=1S/C12H16N4O2/c17-8-11-9-6-16(7-10(9)13-14-11)12(18)15-4-2-1-3-5-15/h8H,1-7H2,(H,13,14). The SMILES string of the molecule is O=Cc1n[nH]c2c1CN(C(=O)N1CCCCC1)C2. The van der Waals surface area contributed by atoms with Crippen molar-refractivity contribution in [3.05, 3.63) is 17.0 Å². The van der Waals surface area contributed by atoms with Gasteiger partial charge in [0.2, 0.25) is 0 Å². The van der Waals surface area contributed by atoms with Crippen molar-refractivity contribution in [2.45, 2.75) is 32.4 Å². The molecule has 2 amide bonds. The molecule has 1 aromatic rings.